The SMILES string of the molecule is CCOC(=O)c1c(C)sc(/C=C(/C#N)C(=N)N2CC[NH+](CCO)CC2)c1O. The average Bonchev–Trinajstić information content (AvgIpc) is 2.93. The van der Waals surface area contributed by atoms with Crippen LogP contribution in [0.3, 0.4) is 0 Å². The molecule has 1 aliphatic rings. The fraction of sp³-hybridized carbons (Fsp3) is 0.500. The van der Waals surface area contributed by atoms with E-state index in [1.54, 1.807) is 13.8 Å². The molecule has 8 nitrogen and oxygen atoms in total. The van der Waals surface area contributed by atoms with Crippen molar-refractivity contribution in [2.24, 2.45) is 0 Å². The third-order valence-electron chi connectivity index (χ3n) is 4.47. The Balaban J connectivity index is 2.19. The van der Waals surface area contributed by atoms with Crippen molar-refractivity contribution in [2.45, 2.75) is 13.8 Å². The summed E-state index contributed by atoms with van der Waals surface area (Å²) in [5, 5.41) is 37.2. The number of nitriles is 1. The van der Waals surface area contributed by atoms with Gasteiger partial charge in [0.25, 0.3) is 0 Å². The highest BCUT2D eigenvalue weighted by molar-refractivity contribution is 7.13. The number of quaternary nitrogens is 1. The second-order valence-corrected chi connectivity index (χ2v) is 7.45. The number of ether oxygens (including phenoxy) is 1. The molecule has 1 fully saturated rings. The minimum atomic E-state index is -0.597. The smallest absolute Gasteiger partial charge is 0.343 e. The van der Waals surface area contributed by atoms with Crippen LogP contribution in [0.25, 0.3) is 6.08 Å². The summed E-state index contributed by atoms with van der Waals surface area (Å²) in [4.78, 5) is 16.0. The van der Waals surface area contributed by atoms with Gasteiger partial charge in [0.1, 0.15) is 29.8 Å². The summed E-state index contributed by atoms with van der Waals surface area (Å²) in [6.45, 7) is 7.24. The molecule has 0 amide bonds. The molecule has 27 heavy (non-hydrogen) atoms. The van der Waals surface area contributed by atoms with Gasteiger partial charge in [-0.05, 0) is 19.9 Å². The second-order valence-electron chi connectivity index (χ2n) is 6.20. The molecule has 4 N–H and O–H groups in total. The van der Waals surface area contributed by atoms with Gasteiger partial charge in [0.15, 0.2) is 0 Å². The lowest BCUT2D eigenvalue weighted by Gasteiger charge is -2.33. The van der Waals surface area contributed by atoms with Gasteiger partial charge in [0.05, 0.1) is 49.8 Å². The monoisotopic (exact) mass is 393 g/mol. The molecule has 9 heteroatoms. The molecule has 0 bridgehead atoms. The standard InChI is InChI=1S/C18H24N4O4S/c1-3-26-18(25)15-12(2)27-14(16(15)24)10-13(11-19)17(20)22-6-4-21(5-7-22)8-9-23/h10,20,23-24H,3-9H2,1-2H3/p+1/b13-10-,20-17?. The lowest BCUT2D eigenvalue weighted by Crippen LogP contribution is -3.15. The van der Waals surface area contributed by atoms with Crippen LogP contribution in [0.2, 0.25) is 0 Å². The molecule has 0 unspecified atom stereocenters. The Bertz CT molecular complexity index is 773. The summed E-state index contributed by atoms with van der Waals surface area (Å²) in [7, 11) is 0. The van der Waals surface area contributed by atoms with Crippen LogP contribution in [0.4, 0.5) is 0 Å². The number of aliphatic hydroxyl groups is 1. The number of amidine groups is 1. The number of carbonyl (C=O) groups is 1. The maximum atomic E-state index is 12.0. The number of aromatic hydroxyl groups is 1. The fourth-order valence-electron chi connectivity index (χ4n) is 3.01. The molecule has 146 valence electrons. The predicted molar refractivity (Wildman–Crippen MR) is 102 cm³/mol. The van der Waals surface area contributed by atoms with E-state index < -0.39 is 5.97 Å². The van der Waals surface area contributed by atoms with Crippen LogP contribution in [-0.4, -0.2) is 72.9 Å². The molecule has 2 heterocycles. The largest absolute Gasteiger partial charge is 0.506 e. The number of nitrogens with one attached hydrogen (secondary N) is 2. The number of piperazine rings is 1. The lowest BCUT2D eigenvalue weighted by molar-refractivity contribution is -0.904. The molecule has 0 spiro atoms. The van der Waals surface area contributed by atoms with E-state index in [1.165, 1.54) is 22.3 Å². The van der Waals surface area contributed by atoms with E-state index in [-0.39, 0.29) is 35.9 Å². The van der Waals surface area contributed by atoms with Crippen molar-refractivity contribution in [2.75, 3.05) is 45.9 Å². The van der Waals surface area contributed by atoms with Crippen molar-refractivity contribution in [3.05, 3.63) is 20.9 Å². The Morgan fingerprint density at radius 1 is 1.48 bits per heavy atom. The number of aryl methyl sites for hydroxylation is 1. The molecule has 0 aromatic carbocycles. The maximum absolute atomic E-state index is 12.0. The minimum absolute atomic E-state index is 0.101. The molecule has 1 aromatic rings. The molecular weight excluding hydrogens is 368 g/mol. The summed E-state index contributed by atoms with van der Waals surface area (Å²) in [5.41, 5.74) is 0.241. The van der Waals surface area contributed by atoms with Gasteiger partial charge in [-0.3, -0.25) is 5.41 Å². The first-order valence-corrected chi connectivity index (χ1v) is 9.64. The quantitative estimate of drug-likeness (QED) is 0.234. The van der Waals surface area contributed by atoms with E-state index in [9.17, 15) is 15.2 Å². The van der Waals surface area contributed by atoms with Gasteiger partial charge in [0, 0.05) is 4.88 Å². The Hall–Kier alpha value is -2.41. The van der Waals surface area contributed by atoms with E-state index >= 15 is 0 Å². The van der Waals surface area contributed by atoms with Gasteiger partial charge < -0.3 is 24.7 Å². The van der Waals surface area contributed by atoms with Gasteiger partial charge in [-0.2, -0.15) is 5.26 Å². The van der Waals surface area contributed by atoms with Gasteiger partial charge in [-0.25, -0.2) is 4.79 Å². The van der Waals surface area contributed by atoms with Crippen LogP contribution in [-0.2, 0) is 4.74 Å². The van der Waals surface area contributed by atoms with Crippen molar-refractivity contribution < 1.29 is 24.6 Å². The average molecular weight is 393 g/mol. The van der Waals surface area contributed by atoms with Gasteiger partial charge >= 0.3 is 5.97 Å². The number of carbonyl (C=O) groups excluding carboxylic acids is 1. The zero-order valence-corrected chi connectivity index (χ0v) is 16.4. The molecule has 0 atom stereocenters. The number of rotatable bonds is 6. The molecule has 0 aliphatic carbocycles. The highest BCUT2D eigenvalue weighted by Gasteiger charge is 2.25. The van der Waals surface area contributed by atoms with Crippen LogP contribution < -0.4 is 4.90 Å². The first-order chi connectivity index (χ1) is 12.9. The molecular formula is C18H25N4O4S+. The van der Waals surface area contributed by atoms with Crippen LogP contribution in [0.1, 0.15) is 27.0 Å². The Labute approximate surface area is 162 Å². The first-order valence-electron chi connectivity index (χ1n) is 8.82. The van der Waals surface area contributed by atoms with Gasteiger partial charge in [-0.15, -0.1) is 11.3 Å². The summed E-state index contributed by atoms with van der Waals surface area (Å²) in [6.07, 6.45) is 1.45. The van der Waals surface area contributed by atoms with Gasteiger partial charge in [0.2, 0.25) is 0 Å². The zero-order chi connectivity index (χ0) is 20.0. The fourth-order valence-corrected chi connectivity index (χ4v) is 3.99. The molecule has 1 aliphatic heterocycles. The first kappa shape index (κ1) is 20.9. The van der Waals surface area contributed by atoms with Gasteiger partial charge in [-0.1, -0.05) is 0 Å². The third-order valence-corrected chi connectivity index (χ3v) is 5.51. The Kier molecular flexibility index (Phi) is 7.36. The Morgan fingerprint density at radius 3 is 2.70 bits per heavy atom. The van der Waals surface area contributed by atoms with E-state index in [0.717, 1.165) is 13.1 Å². The maximum Gasteiger partial charge on any atom is 0.343 e. The number of hydrogen-bond acceptors (Lipinski definition) is 7. The topological polar surface area (TPSA) is 122 Å². The van der Waals surface area contributed by atoms with E-state index in [0.29, 0.717) is 29.4 Å². The number of thiophene rings is 1. The van der Waals surface area contributed by atoms with E-state index in [2.05, 4.69) is 0 Å². The normalized spacial score (nSPS) is 15.5. The predicted octanol–water partition coefficient (Wildman–Crippen LogP) is 0.0159. The van der Waals surface area contributed by atoms with Crippen LogP contribution in [0, 0.1) is 23.7 Å². The lowest BCUT2D eigenvalue weighted by atomic mass is 10.1. The highest BCUT2D eigenvalue weighted by Crippen LogP contribution is 2.36. The van der Waals surface area contributed by atoms with E-state index in [4.69, 9.17) is 15.3 Å². The summed E-state index contributed by atoms with van der Waals surface area (Å²) in [5.74, 6) is -0.711. The van der Waals surface area contributed by atoms with Crippen LogP contribution in [0.15, 0.2) is 5.57 Å². The van der Waals surface area contributed by atoms with Crippen molar-refractivity contribution in [3.8, 4) is 11.8 Å². The third kappa shape index (κ3) is 4.86. The second kappa shape index (κ2) is 9.50. The molecule has 2 rings (SSSR count). The van der Waals surface area contributed by atoms with E-state index in [1.807, 2.05) is 11.0 Å². The molecule has 1 saturated heterocycles. The molecule has 0 saturated carbocycles. The number of hydrogen-bond donors (Lipinski definition) is 4. The van der Waals surface area contributed by atoms with Crippen LogP contribution in [0.5, 0.6) is 5.75 Å². The van der Waals surface area contributed by atoms with Crippen molar-refractivity contribution in [1.29, 1.82) is 10.7 Å². The summed E-state index contributed by atoms with van der Waals surface area (Å²) in [6, 6.07) is 2.02. The zero-order valence-electron chi connectivity index (χ0n) is 15.5. The summed E-state index contributed by atoms with van der Waals surface area (Å²) < 4.78 is 4.96. The number of esters is 1. The Morgan fingerprint density at radius 2 is 2.15 bits per heavy atom. The highest BCUT2D eigenvalue weighted by atomic mass is 32.1. The van der Waals surface area contributed by atoms with Crippen LogP contribution >= 0.6 is 11.3 Å². The number of aliphatic hydroxyl groups excluding tert-OH is 1. The van der Waals surface area contributed by atoms with Crippen molar-refractivity contribution >= 4 is 29.2 Å². The van der Waals surface area contributed by atoms with Crippen molar-refractivity contribution in [3.63, 3.8) is 0 Å². The molecule has 1 aromatic heterocycles. The van der Waals surface area contributed by atoms with Crippen molar-refractivity contribution in [1.82, 2.24) is 4.90 Å². The molecule has 0 radical (unpaired) electrons. The minimum Gasteiger partial charge on any atom is -0.506 e. The number of nitrogens with zero attached hydrogens (tertiary/aromatic N) is 2. The summed E-state index contributed by atoms with van der Waals surface area (Å²) >= 11 is 1.18.